The van der Waals surface area contributed by atoms with Crippen molar-refractivity contribution < 1.29 is 9.53 Å². The monoisotopic (exact) mass is 403 g/mol. The molecule has 0 aliphatic carbocycles. The van der Waals surface area contributed by atoms with Gasteiger partial charge >= 0.3 is 0 Å². The van der Waals surface area contributed by atoms with Crippen molar-refractivity contribution in [2.24, 2.45) is 0 Å². The highest BCUT2D eigenvalue weighted by molar-refractivity contribution is 6.32. The minimum atomic E-state index is -0.117. The maximum absolute atomic E-state index is 12.1. The zero-order valence-electron chi connectivity index (χ0n) is 13.4. The third-order valence-electron chi connectivity index (χ3n) is 3.68. The molecule has 0 bridgehead atoms. The van der Waals surface area contributed by atoms with Crippen LogP contribution in [0.25, 0.3) is 0 Å². The van der Waals surface area contributed by atoms with E-state index in [0.29, 0.717) is 23.1 Å². The lowest BCUT2D eigenvalue weighted by atomic mass is 10.2. The van der Waals surface area contributed by atoms with E-state index in [1.165, 1.54) is 0 Å². The molecule has 25 heavy (non-hydrogen) atoms. The van der Waals surface area contributed by atoms with E-state index in [1.54, 1.807) is 24.4 Å². The molecule has 1 aliphatic rings. The Balaban J connectivity index is 0.00000156. The van der Waals surface area contributed by atoms with Gasteiger partial charge in [-0.3, -0.25) is 9.78 Å². The normalized spacial score (nSPS) is 15.6. The summed E-state index contributed by atoms with van der Waals surface area (Å²) in [6, 6.07) is 10.8. The van der Waals surface area contributed by atoms with Crippen LogP contribution in [0, 0.1) is 0 Å². The molecule has 0 radical (unpaired) electrons. The number of benzene rings is 1. The molecule has 1 aromatic carbocycles. The van der Waals surface area contributed by atoms with Crippen LogP contribution >= 0.6 is 36.4 Å². The van der Waals surface area contributed by atoms with Gasteiger partial charge in [0.05, 0.1) is 16.8 Å². The first-order chi connectivity index (χ1) is 11.2. The number of nitrogens with one attached hydrogen (secondary N) is 2. The maximum Gasteiger partial charge on any atom is 0.241 e. The van der Waals surface area contributed by atoms with Crippen LogP contribution in [0.3, 0.4) is 0 Å². The van der Waals surface area contributed by atoms with Crippen molar-refractivity contribution in [2.75, 3.05) is 11.9 Å². The molecule has 2 N–H and O–H groups in total. The van der Waals surface area contributed by atoms with Gasteiger partial charge in [-0.15, -0.1) is 24.8 Å². The maximum atomic E-state index is 12.1. The lowest BCUT2D eigenvalue weighted by molar-refractivity contribution is -0.117. The van der Waals surface area contributed by atoms with Gasteiger partial charge < -0.3 is 15.4 Å². The number of halogens is 3. The Bertz CT molecular complexity index is 680. The second-order valence-electron chi connectivity index (χ2n) is 5.39. The SMILES string of the molecule is Cl.Cl.O=C(Nc1ccc(OCc2ccccn2)c(Cl)c1)C1CCCN1. The predicted molar refractivity (Wildman–Crippen MR) is 104 cm³/mol. The quantitative estimate of drug-likeness (QED) is 0.794. The fraction of sp³-hybridized carbons (Fsp3) is 0.294. The van der Waals surface area contributed by atoms with Crippen molar-refractivity contribution in [1.82, 2.24) is 10.3 Å². The van der Waals surface area contributed by atoms with Crippen molar-refractivity contribution in [3.8, 4) is 5.75 Å². The number of hydrogen-bond donors (Lipinski definition) is 2. The fourth-order valence-corrected chi connectivity index (χ4v) is 2.70. The van der Waals surface area contributed by atoms with E-state index in [1.807, 2.05) is 18.2 Å². The summed E-state index contributed by atoms with van der Waals surface area (Å²) in [5, 5.41) is 6.49. The van der Waals surface area contributed by atoms with E-state index in [9.17, 15) is 4.79 Å². The molecule has 3 rings (SSSR count). The topological polar surface area (TPSA) is 63.2 Å². The summed E-state index contributed by atoms with van der Waals surface area (Å²) in [7, 11) is 0. The number of amides is 1. The molecular weight excluding hydrogens is 385 g/mol. The van der Waals surface area contributed by atoms with E-state index in [0.717, 1.165) is 25.1 Å². The van der Waals surface area contributed by atoms with E-state index < -0.39 is 0 Å². The molecule has 1 amide bonds. The Labute approximate surface area is 164 Å². The highest BCUT2D eigenvalue weighted by Gasteiger charge is 2.22. The number of anilines is 1. The molecule has 1 saturated heterocycles. The molecule has 136 valence electrons. The van der Waals surface area contributed by atoms with Gasteiger partial charge in [0.15, 0.2) is 0 Å². The van der Waals surface area contributed by atoms with Crippen LogP contribution in [0.4, 0.5) is 5.69 Å². The number of carbonyl (C=O) groups excluding carboxylic acids is 1. The van der Waals surface area contributed by atoms with Gasteiger partial charge in [-0.25, -0.2) is 0 Å². The van der Waals surface area contributed by atoms with Gasteiger partial charge in [0.25, 0.3) is 0 Å². The molecule has 1 fully saturated rings. The van der Waals surface area contributed by atoms with Gasteiger partial charge in [0.2, 0.25) is 5.91 Å². The number of ether oxygens (including phenoxy) is 1. The second kappa shape index (κ2) is 10.5. The highest BCUT2D eigenvalue weighted by atomic mass is 35.5. The largest absolute Gasteiger partial charge is 0.486 e. The summed E-state index contributed by atoms with van der Waals surface area (Å²) in [4.78, 5) is 16.3. The zero-order chi connectivity index (χ0) is 16.1. The molecule has 1 aromatic heterocycles. The summed E-state index contributed by atoms with van der Waals surface area (Å²) in [5.74, 6) is 0.537. The Kier molecular flexibility index (Phi) is 9.00. The molecule has 1 atom stereocenters. The molecule has 0 spiro atoms. The third-order valence-corrected chi connectivity index (χ3v) is 3.97. The molecule has 1 aliphatic heterocycles. The molecule has 2 heterocycles. The van der Waals surface area contributed by atoms with Gasteiger partial charge in [-0.05, 0) is 49.7 Å². The minimum Gasteiger partial charge on any atom is -0.486 e. The third kappa shape index (κ3) is 6.04. The standard InChI is InChI=1S/C17H18ClN3O2.2ClH/c18-14-10-12(21-17(22)15-5-3-9-20-15)6-7-16(14)23-11-13-4-1-2-8-19-13;;/h1-2,4,6-8,10,15,20H,3,5,9,11H2,(H,21,22);2*1H. The number of rotatable bonds is 5. The average molecular weight is 405 g/mol. The van der Waals surface area contributed by atoms with E-state index >= 15 is 0 Å². The van der Waals surface area contributed by atoms with Crippen LogP contribution in [0.5, 0.6) is 5.75 Å². The number of aromatic nitrogens is 1. The van der Waals surface area contributed by atoms with Gasteiger partial charge in [0.1, 0.15) is 12.4 Å². The van der Waals surface area contributed by atoms with Crippen molar-refractivity contribution in [1.29, 1.82) is 0 Å². The van der Waals surface area contributed by atoms with Gasteiger partial charge in [-0.2, -0.15) is 0 Å². The first-order valence-corrected chi connectivity index (χ1v) is 7.97. The fourth-order valence-electron chi connectivity index (χ4n) is 2.47. The molecule has 0 saturated carbocycles. The highest BCUT2D eigenvalue weighted by Crippen LogP contribution is 2.28. The average Bonchev–Trinajstić information content (AvgIpc) is 3.10. The molecule has 8 heteroatoms. The summed E-state index contributed by atoms with van der Waals surface area (Å²) in [6.07, 6.45) is 3.61. The number of nitrogens with zero attached hydrogens (tertiary/aromatic N) is 1. The number of carbonyl (C=O) groups is 1. The van der Waals surface area contributed by atoms with Crippen molar-refractivity contribution in [2.45, 2.75) is 25.5 Å². The Morgan fingerprint density at radius 3 is 2.80 bits per heavy atom. The lowest BCUT2D eigenvalue weighted by Gasteiger charge is -2.13. The Hall–Kier alpha value is -1.53. The second-order valence-corrected chi connectivity index (χ2v) is 5.80. The van der Waals surface area contributed by atoms with E-state index in [4.69, 9.17) is 16.3 Å². The van der Waals surface area contributed by atoms with Crippen LogP contribution in [-0.2, 0) is 11.4 Å². The summed E-state index contributed by atoms with van der Waals surface area (Å²) >= 11 is 6.23. The van der Waals surface area contributed by atoms with Gasteiger partial charge in [-0.1, -0.05) is 17.7 Å². The van der Waals surface area contributed by atoms with Crippen molar-refractivity contribution in [3.63, 3.8) is 0 Å². The summed E-state index contributed by atoms with van der Waals surface area (Å²) in [6.45, 7) is 1.23. The van der Waals surface area contributed by atoms with E-state index in [-0.39, 0.29) is 36.8 Å². The Morgan fingerprint density at radius 2 is 2.16 bits per heavy atom. The molecule has 2 aromatic rings. The van der Waals surface area contributed by atoms with Crippen LogP contribution < -0.4 is 15.4 Å². The molecular formula is C17H20Cl3N3O2. The van der Waals surface area contributed by atoms with Gasteiger partial charge in [0, 0.05) is 11.9 Å². The Morgan fingerprint density at radius 1 is 1.32 bits per heavy atom. The summed E-state index contributed by atoms with van der Waals surface area (Å²) in [5.41, 5.74) is 1.49. The lowest BCUT2D eigenvalue weighted by Crippen LogP contribution is -2.35. The van der Waals surface area contributed by atoms with Crippen LogP contribution in [0.15, 0.2) is 42.6 Å². The van der Waals surface area contributed by atoms with Crippen molar-refractivity contribution in [3.05, 3.63) is 53.3 Å². The number of pyridine rings is 1. The zero-order valence-corrected chi connectivity index (χ0v) is 15.8. The number of hydrogen-bond acceptors (Lipinski definition) is 4. The molecule has 5 nitrogen and oxygen atoms in total. The smallest absolute Gasteiger partial charge is 0.241 e. The van der Waals surface area contributed by atoms with Crippen molar-refractivity contribution >= 4 is 48.0 Å². The van der Waals surface area contributed by atoms with Crippen LogP contribution in [0.1, 0.15) is 18.5 Å². The first-order valence-electron chi connectivity index (χ1n) is 7.59. The first kappa shape index (κ1) is 21.5. The van der Waals surface area contributed by atoms with E-state index in [2.05, 4.69) is 15.6 Å². The van der Waals surface area contributed by atoms with Crippen LogP contribution in [-0.4, -0.2) is 23.5 Å². The minimum absolute atomic E-state index is 0. The summed E-state index contributed by atoms with van der Waals surface area (Å²) < 4.78 is 5.66. The molecule has 1 unspecified atom stereocenters. The predicted octanol–water partition coefficient (Wildman–Crippen LogP) is 3.85. The van der Waals surface area contributed by atoms with Crippen LogP contribution in [0.2, 0.25) is 5.02 Å².